The van der Waals surface area contributed by atoms with Crippen LogP contribution in [0.2, 0.25) is 0 Å². The second-order valence-electron chi connectivity index (χ2n) is 3.41. The SMILES string of the molecule is NC(=Nc1ccc(F)c(Br)c1)C1CC1. The molecule has 2 rings (SSSR count). The predicted octanol–water partition coefficient (Wildman–Crippen LogP) is 2.99. The van der Waals surface area contributed by atoms with Gasteiger partial charge < -0.3 is 5.73 Å². The summed E-state index contributed by atoms with van der Waals surface area (Å²) in [5.74, 6) is 0.816. The molecule has 14 heavy (non-hydrogen) atoms. The third-order valence-electron chi connectivity index (χ3n) is 2.16. The largest absolute Gasteiger partial charge is 0.387 e. The Morgan fingerprint density at radius 2 is 2.21 bits per heavy atom. The lowest BCUT2D eigenvalue weighted by atomic mass is 10.3. The number of benzene rings is 1. The molecule has 0 bridgehead atoms. The molecule has 1 aliphatic rings. The minimum Gasteiger partial charge on any atom is -0.387 e. The van der Waals surface area contributed by atoms with E-state index < -0.39 is 0 Å². The number of hydrogen-bond acceptors (Lipinski definition) is 1. The molecule has 2 nitrogen and oxygen atoms in total. The summed E-state index contributed by atoms with van der Waals surface area (Å²) in [7, 11) is 0. The second-order valence-corrected chi connectivity index (χ2v) is 4.26. The minimum atomic E-state index is -0.283. The van der Waals surface area contributed by atoms with Crippen LogP contribution in [0.1, 0.15) is 12.8 Å². The fourth-order valence-corrected chi connectivity index (χ4v) is 1.54. The summed E-state index contributed by atoms with van der Waals surface area (Å²) in [6.45, 7) is 0. The lowest BCUT2D eigenvalue weighted by molar-refractivity contribution is 0.621. The van der Waals surface area contributed by atoms with E-state index in [0.717, 1.165) is 12.8 Å². The summed E-state index contributed by atoms with van der Waals surface area (Å²) in [5, 5.41) is 0. The third kappa shape index (κ3) is 2.12. The van der Waals surface area contributed by atoms with Crippen molar-refractivity contribution in [3.8, 4) is 0 Å². The third-order valence-corrected chi connectivity index (χ3v) is 2.76. The molecule has 0 aliphatic heterocycles. The van der Waals surface area contributed by atoms with Crippen LogP contribution in [-0.4, -0.2) is 5.84 Å². The number of nitrogens with two attached hydrogens (primary N) is 1. The van der Waals surface area contributed by atoms with Crippen molar-refractivity contribution in [1.29, 1.82) is 0 Å². The highest BCUT2D eigenvalue weighted by Crippen LogP contribution is 2.30. The van der Waals surface area contributed by atoms with Gasteiger partial charge in [-0.05, 0) is 47.0 Å². The molecule has 4 heteroatoms. The van der Waals surface area contributed by atoms with Gasteiger partial charge in [0.15, 0.2) is 0 Å². The number of rotatable bonds is 2. The Kier molecular flexibility index (Phi) is 2.54. The van der Waals surface area contributed by atoms with Crippen molar-refractivity contribution in [1.82, 2.24) is 0 Å². The fourth-order valence-electron chi connectivity index (χ4n) is 1.17. The van der Waals surface area contributed by atoms with Crippen molar-refractivity contribution in [2.45, 2.75) is 12.8 Å². The molecular weight excluding hydrogens is 247 g/mol. The number of amidine groups is 1. The van der Waals surface area contributed by atoms with Crippen LogP contribution in [0.5, 0.6) is 0 Å². The molecule has 0 spiro atoms. The first-order valence-electron chi connectivity index (χ1n) is 4.46. The highest BCUT2D eigenvalue weighted by atomic mass is 79.9. The van der Waals surface area contributed by atoms with Gasteiger partial charge in [-0.25, -0.2) is 9.38 Å². The molecule has 1 aliphatic carbocycles. The molecule has 0 heterocycles. The zero-order valence-electron chi connectivity index (χ0n) is 7.50. The van der Waals surface area contributed by atoms with Gasteiger partial charge in [0.1, 0.15) is 11.7 Å². The van der Waals surface area contributed by atoms with Crippen LogP contribution in [0.25, 0.3) is 0 Å². The van der Waals surface area contributed by atoms with E-state index in [0.29, 0.717) is 21.9 Å². The lowest BCUT2D eigenvalue weighted by Gasteiger charge is -1.99. The van der Waals surface area contributed by atoms with Crippen LogP contribution in [0.3, 0.4) is 0 Å². The summed E-state index contributed by atoms with van der Waals surface area (Å²) < 4.78 is 13.3. The molecule has 1 aromatic carbocycles. The van der Waals surface area contributed by atoms with E-state index in [2.05, 4.69) is 20.9 Å². The first-order chi connectivity index (χ1) is 6.66. The lowest BCUT2D eigenvalue weighted by Crippen LogP contribution is -2.12. The highest BCUT2D eigenvalue weighted by molar-refractivity contribution is 9.10. The Bertz CT molecular complexity index is 386. The van der Waals surface area contributed by atoms with Crippen molar-refractivity contribution in [2.75, 3.05) is 0 Å². The fraction of sp³-hybridized carbons (Fsp3) is 0.300. The smallest absolute Gasteiger partial charge is 0.137 e. The van der Waals surface area contributed by atoms with Gasteiger partial charge in [-0.15, -0.1) is 0 Å². The van der Waals surface area contributed by atoms with Gasteiger partial charge in [-0.3, -0.25) is 0 Å². The molecule has 0 aromatic heterocycles. The van der Waals surface area contributed by atoms with Gasteiger partial charge in [0.2, 0.25) is 0 Å². The molecule has 0 unspecified atom stereocenters. The Hall–Kier alpha value is -0.900. The molecule has 0 atom stereocenters. The average molecular weight is 257 g/mol. The molecular formula is C10H10BrFN2. The summed E-state index contributed by atoms with van der Waals surface area (Å²) in [5.41, 5.74) is 6.44. The maximum Gasteiger partial charge on any atom is 0.137 e. The molecule has 1 saturated carbocycles. The van der Waals surface area contributed by atoms with E-state index in [4.69, 9.17) is 5.73 Å². The summed E-state index contributed by atoms with van der Waals surface area (Å²) >= 11 is 3.10. The normalized spacial score (nSPS) is 17.1. The van der Waals surface area contributed by atoms with Crippen LogP contribution in [-0.2, 0) is 0 Å². The van der Waals surface area contributed by atoms with E-state index in [1.165, 1.54) is 6.07 Å². The van der Waals surface area contributed by atoms with Crippen LogP contribution < -0.4 is 5.73 Å². The van der Waals surface area contributed by atoms with Gasteiger partial charge in [-0.2, -0.15) is 0 Å². The molecule has 74 valence electrons. The van der Waals surface area contributed by atoms with Crippen molar-refractivity contribution in [3.63, 3.8) is 0 Å². The van der Waals surface area contributed by atoms with Gasteiger partial charge in [0, 0.05) is 5.92 Å². The van der Waals surface area contributed by atoms with E-state index in [9.17, 15) is 4.39 Å². The number of hydrogen-bond donors (Lipinski definition) is 1. The second kappa shape index (κ2) is 3.69. The van der Waals surface area contributed by atoms with Crippen LogP contribution in [0.15, 0.2) is 27.7 Å². The molecule has 0 amide bonds. The number of nitrogens with zero attached hydrogens (tertiary/aromatic N) is 1. The van der Waals surface area contributed by atoms with Crippen molar-refractivity contribution in [3.05, 3.63) is 28.5 Å². The van der Waals surface area contributed by atoms with Gasteiger partial charge in [0.05, 0.1) is 10.2 Å². The zero-order valence-corrected chi connectivity index (χ0v) is 9.09. The quantitative estimate of drug-likeness (QED) is 0.642. The summed E-state index contributed by atoms with van der Waals surface area (Å²) in [6.07, 6.45) is 2.25. The average Bonchev–Trinajstić information content (AvgIpc) is 2.94. The van der Waals surface area contributed by atoms with Crippen LogP contribution >= 0.6 is 15.9 Å². The zero-order chi connectivity index (χ0) is 10.1. The highest BCUT2D eigenvalue weighted by Gasteiger charge is 2.25. The molecule has 0 saturated heterocycles. The van der Waals surface area contributed by atoms with Gasteiger partial charge in [-0.1, -0.05) is 0 Å². The Labute approximate surface area is 90.2 Å². The Morgan fingerprint density at radius 3 is 2.79 bits per heavy atom. The van der Waals surface area contributed by atoms with Crippen molar-refractivity contribution >= 4 is 27.5 Å². The van der Waals surface area contributed by atoms with Crippen molar-refractivity contribution < 1.29 is 4.39 Å². The number of aliphatic imine (C=N–C) groups is 1. The molecule has 1 fully saturated rings. The molecule has 1 aromatic rings. The van der Waals surface area contributed by atoms with E-state index in [1.54, 1.807) is 12.1 Å². The summed E-state index contributed by atoms with van der Waals surface area (Å²) in [4.78, 5) is 4.22. The van der Waals surface area contributed by atoms with Crippen LogP contribution in [0.4, 0.5) is 10.1 Å². The first-order valence-corrected chi connectivity index (χ1v) is 5.25. The standard InChI is InChI=1S/C10H10BrFN2/c11-8-5-7(3-4-9(8)12)14-10(13)6-1-2-6/h3-6H,1-2H2,(H2,13,14). The maximum absolute atomic E-state index is 12.9. The monoisotopic (exact) mass is 256 g/mol. The van der Waals surface area contributed by atoms with Gasteiger partial charge in [0.25, 0.3) is 0 Å². The van der Waals surface area contributed by atoms with Crippen molar-refractivity contribution in [2.24, 2.45) is 16.6 Å². The molecule has 0 radical (unpaired) electrons. The predicted molar refractivity (Wildman–Crippen MR) is 58.1 cm³/mol. The Balaban J connectivity index is 2.24. The minimum absolute atomic E-state index is 0.283. The first kappa shape index (κ1) is 9.65. The van der Waals surface area contributed by atoms with E-state index >= 15 is 0 Å². The topological polar surface area (TPSA) is 38.4 Å². The number of halogens is 2. The maximum atomic E-state index is 12.9. The van der Waals surface area contributed by atoms with Crippen LogP contribution in [0, 0.1) is 11.7 Å². The van der Waals surface area contributed by atoms with Gasteiger partial charge >= 0.3 is 0 Å². The Morgan fingerprint density at radius 1 is 1.50 bits per heavy atom. The van der Waals surface area contributed by atoms with E-state index in [1.807, 2.05) is 0 Å². The molecule has 2 N–H and O–H groups in total. The van der Waals surface area contributed by atoms with E-state index in [-0.39, 0.29) is 5.82 Å². The summed E-state index contributed by atoms with van der Waals surface area (Å²) in [6, 6.07) is 4.63.